The third-order valence-corrected chi connectivity index (χ3v) is 7.28. The molecule has 31 heavy (non-hydrogen) atoms. The fraction of sp³-hybridized carbons (Fsp3) is 0.560. The number of fused-ring (bicyclic) bond motifs is 1. The Kier molecular flexibility index (Phi) is 5.63. The molecular weight excluding hydrogens is 391 g/mol. The summed E-state index contributed by atoms with van der Waals surface area (Å²) in [4.78, 5) is 26.9. The lowest BCUT2D eigenvalue weighted by molar-refractivity contribution is -0.139. The van der Waals surface area contributed by atoms with Gasteiger partial charge >= 0.3 is 0 Å². The molecule has 0 spiro atoms. The quantitative estimate of drug-likeness (QED) is 0.734. The highest BCUT2D eigenvalue weighted by atomic mass is 19.1. The molecule has 1 aromatic heterocycles. The number of carbonyl (C=O) groups excluding carboxylic acids is 1. The van der Waals surface area contributed by atoms with Gasteiger partial charge in [0, 0.05) is 49.3 Å². The average molecular weight is 423 g/mol. The molecule has 0 radical (unpaired) electrons. The van der Waals surface area contributed by atoms with Gasteiger partial charge in [-0.1, -0.05) is 18.6 Å². The summed E-state index contributed by atoms with van der Waals surface area (Å²) in [7, 11) is 0. The summed E-state index contributed by atoms with van der Waals surface area (Å²) < 4.78 is 13.3. The minimum Gasteiger partial charge on any atom is -0.352 e. The first-order valence-corrected chi connectivity index (χ1v) is 11.7. The third kappa shape index (κ3) is 4.17. The number of halogens is 1. The van der Waals surface area contributed by atoms with Gasteiger partial charge in [-0.2, -0.15) is 0 Å². The first kappa shape index (κ1) is 20.4. The Hall–Kier alpha value is -2.50. The molecule has 1 aliphatic carbocycles. The van der Waals surface area contributed by atoms with Gasteiger partial charge in [0.2, 0.25) is 5.91 Å². The third-order valence-electron chi connectivity index (χ3n) is 7.28. The molecule has 2 aromatic rings. The van der Waals surface area contributed by atoms with Crippen molar-refractivity contribution in [2.75, 3.05) is 24.5 Å². The summed E-state index contributed by atoms with van der Waals surface area (Å²) in [5.74, 6) is 2.72. The van der Waals surface area contributed by atoms with Crippen molar-refractivity contribution in [1.29, 1.82) is 0 Å². The average Bonchev–Trinajstić information content (AvgIpc) is 2.75. The Morgan fingerprint density at radius 3 is 2.45 bits per heavy atom. The molecule has 0 atom stereocenters. The minimum absolute atomic E-state index is 0.203. The second-order valence-corrected chi connectivity index (χ2v) is 9.35. The number of hydrogen-bond acceptors (Lipinski definition) is 4. The van der Waals surface area contributed by atoms with Crippen molar-refractivity contribution in [3.8, 4) is 0 Å². The Bertz CT molecular complexity index is 949. The van der Waals surface area contributed by atoms with E-state index < -0.39 is 0 Å². The van der Waals surface area contributed by atoms with Crippen molar-refractivity contribution in [3.63, 3.8) is 0 Å². The first-order chi connectivity index (χ1) is 15.1. The van der Waals surface area contributed by atoms with Gasteiger partial charge in [0.15, 0.2) is 0 Å². The summed E-state index contributed by atoms with van der Waals surface area (Å²) in [6, 6.07) is 6.76. The summed E-state index contributed by atoms with van der Waals surface area (Å²) in [5, 5.41) is 0. The van der Waals surface area contributed by atoms with E-state index in [0.717, 1.165) is 87.6 Å². The second-order valence-electron chi connectivity index (χ2n) is 9.35. The minimum atomic E-state index is -0.203. The van der Waals surface area contributed by atoms with E-state index in [-0.39, 0.29) is 11.7 Å². The van der Waals surface area contributed by atoms with Crippen molar-refractivity contribution in [3.05, 3.63) is 52.7 Å². The number of rotatable bonds is 4. The van der Waals surface area contributed by atoms with Crippen molar-refractivity contribution in [1.82, 2.24) is 14.9 Å². The largest absolute Gasteiger partial charge is 0.352 e. The van der Waals surface area contributed by atoms with Crippen molar-refractivity contribution < 1.29 is 9.18 Å². The van der Waals surface area contributed by atoms with Crippen LogP contribution in [0.15, 0.2) is 24.3 Å². The Labute approximate surface area is 183 Å². The molecule has 1 saturated carbocycles. The van der Waals surface area contributed by atoms with Crippen LogP contribution in [0.4, 0.5) is 10.2 Å². The van der Waals surface area contributed by atoms with Crippen molar-refractivity contribution >= 4 is 11.7 Å². The van der Waals surface area contributed by atoms with E-state index in [9.17, 15) is 9.18 Å². The smallest absolute Gasteiger partial charge is 0.225 e. The van der Waals surface area contributed by atoms with Gasteiger partial charge in [-0.3, -0.25) is 4.79 Å². The number of hydrogen-bond donors (Lipinski definition) is 0. The van der Waals surface area contributed by atoms with E-state index in [4.69, 9.17) is 9.97 Å². The van der Waals surface area contributed by atoms with Gasteiger partial charge in [0.1, 0.15) is 17.5 Å². The Morgan fingerprint density at radius 2 is 1.77 bits per heavy atom. The van der Waals surface area contributed by atoms with Crippen LogP contribution in [-0.4, -0.2) is 40.4 Å². The lowest BCUT2D eigenvalue weighted by Crippen LogP contribution is -2.43. The van der Waals surface area contributed by atoms with Crippen LogP contribution in [0.5, 0.6) is 0 Å². The number of anilines is 1. The maximum Gasteiger partial charge on any atom is 0.225 e. The van der Waals surface area contributed by atoms with Crippen LogP contribution >= 0.6 is 0 Å². The van der Waals surface area contributed by atoms with Gasteiger partial charge in [-0.15, -0.1) is 0 Å². The standard InChI is InChI=1S/C25H31FN4O/c1-17-22-6-3-13-30(16-18-7-9-21(26)10-8-18)24(22)28-23(27-17)19-11-14-29(15-12-19)25(31)20-4-2-5-20/h7-10,19-20H,2-6,11-16H2,1H3. The zero-order chi connectivity index (χ0) is 21.4. The number of carbonyl (C=O) groups is 1. The van der Waals surface area contributed by atoms with E-state index in [2.05, 4.69) is 16.7 Å². The lowest BCUT2D eigenvalue weighted by Gasteiger charge is -2.37. The van der Waals surface area contributed by atoms with Crippen LogP contribution in [0, 0.1) is 18.7 Å². The lowest BCUT2D eigenvalue weighted by atomic mass is 9.83. The van der Waals surface area contributed by atoms with Crippen molar-refractivity contribution in [2.45, 2.75) is 64.3 Å². The zero-order valence-electron chi connectivity index (χ0n) is 18.3. The Morgan fingerprint density at radius 1 is 1.03 bits per heavy atom. The number of amides is 1. The molecule has 1 aromatic carbocycles. The molecular formula is C25H31FN4O. The Balaban J connectivity index is 1.32. The SMILES string of the molecule is Cc1nc(C2CCN(C(=O)C3CCC3)CC2)nc2c1CCCN2Cc1ccc(F)cc1. The number of likely N-dealkylation sites (tertiary alicyclic amines) is 1. The van der Waals surface area contributed by atoms with Crippen LogP contribution in [0.3, 0.4) is 0 Å². The molecule has 1 amide bonds. The van der Waals surface area contributed by atoms with Gasteiger partial charge in [0.25, 0.3) is 0 Å². The number of aromatic nitrogens is 2. The van der Waals surface area contributed by atoms with E-state index in [1.807, 2.05) is 12.1 Å². The molecule has 1 saturated heterocycles. The van der Waals surface area contributed by atoms with Gasteiger partial charge < -0.3 is 9.80 Å². The molecule has 3 aliphatic rings. The molecule has 3 heterocycles. The molecule has 6 heteroatoms. The highest BCUT2D eigenvalue weighted by Crippen LogP contribution is 2.34. The van der Waals surface area contributed by atoms with E-state index in [1.54, 1.807) is 0 Å². The van der Waals surface area contributed by atoms with Crippen LogP contribution in [0.2, 0.25) is 0 Å². The van der Waals surface area contributed by atoms with Crippen molar-refractivity contribution in [2.24, 2.45) is 5.92 Å². The summed E-state index contributed by atoms with van der Waals surface area (Å²) in [6.45, 7) is 5.42. The number of benzene rings is 1. The van der Waals surface area contributed by atoms with Gasteiger partial charge in [-0.25, -0.2) is 14.4 Å². The number of piperidine rings is 1. The predicted octanol–water partition coefficient (Wildman–Crippen LogP) is 4.38. The summed E-state index contributed by atoms with van der Waals surface area (Å²) in [6.07, 6.45) is 7.30. The monoisotopic (exact) mass is 422 g/mol. The molecule has 2 fully saturated rings. The molecule has 0 bridgehead atoms. The molecule has 2 aliphatic heterocycles. The highest BCUT2D eigenvalue weighted by Gasteiger charge is 2.33. The fourth-order valence-electron chi connectivity index (χ4n) is 5.13. The van der Waals surface area contributed by atoms with Crippen LogP contribution < -0.4 is 4.90 Å². The predicted molar refractivity (Wildman–Crippen MR) is 118 cm³/mol. The van der Waals surface area contributed by atoms with Crippen LogP contribution in [-0.2, 0) is 17.8 Å². The van der Waals surface area contributed by atoms with E-state index >= 15 is 0 Å². The van der Waals surface area contributed by atoms with Gasteiger partial charge in [0.05, 0.1) is 0 Å². The molecule has 164 valence electrons. The normalized spacial score (nSPS) is 19.8. The summed E-state index contributed by atoms with van der Waals surface area (Å²) >= 11 is 0. The van der Waals surface area contributed by atoms with Gasteiger partial charge in [-0.05, 0) is 63.1 Å². The highest BCUT2D eigenvalue weighted by molar-refractivity contribution is 5.79. The first-order valence-electron chi connectivity index (χ1n) is 11.7. The van der Waals surface area contributed by atoms with E-state index in [0.29, 0.717) is 11.8 Å². The van der Waals surface area contributed by atoms with Crippen LogP contribution in [0.25, 0.3) is 0 Å². The topological polar surface area (TPSA) is 49.3 Å². The number of nitrogens with zero attached hydrogens (tertiary/aromatic N) is 4. The molecule has 0 unspecified atom stereocenters. The van der Waals surface area contributed by atoms with Crippen LogP contribution in [0.1, 0.15) is 67.1 Å². The zero-order valence-corrected chi connectivity index (χ0v) is 18.3. The summed E-state index contributed by atoms with van der Waals surface area (Å²) in [5.41, 5.74) is 3.42. The number of aryl methyl sites for hydroxylation is 1. The maximum absolute atomic E-state index is 13.3. The maximum atomic E-state index is 13.3. The second kappa shape index (κ2) is 8.56. The van der Waals surface area contributed by atoms with E-state index in [1.165, 1.54) is 24.1 Å². The molecule has 0 N–H and O–H groups in total. The fourth-order valence-corrected chi connectivity index (χ4v) is 5.13. The molecule has 5 rings (SSSR count). The molecule has 5 nitrogen and oxygen atoms in total.